The second kappa shape index (κ2) is 4.79. The summed E-state index contributed by atoms with van der Waals surface area (Å²) in [6.07, 6.45) is 1.57. The van der Waals surface area contributed by atoms with Crippen LogP contribution in [0.5, 0.6) is 0 Å². The highest BCUT2D eigenvalue weighted by Gasteiger charge is 2.50. The highest BCUT2D eigenvalue weighted by molar-refractivity contribution is 8.14. The smallest absolute Gasteiger partial charge is 0.329 e. The highest BCUT2D eigenvalue weighted by Crippen LogP contribution is 2.34. The number of hydrogen-bond acceptors (Lipinski definition) is 4. The lowest BCUT2D eigenvalue weighted by Gasteiger charge is -2.35. The number of aliphatic carboxylic acids is 1. The molecule has 0 saturated carbocycles. The van der Waals surface area contributed by atoms with E-state index in [1.54, 1.807) is 6.92 Å². The van der Waals surface area contributed by atoms with E-state index in [4.69, 9.17) is 0 Å². The van der Waals surface area contributed by atoms with Crippen molar-refractivity contribution in [2.75, 3.05) is 12.3 Å². The number of nitrogens with zero attached hydrogens (tertiary/aromatic N) is 1. The molecule has 2 amide bonds. The second-order valence-corrected chi connectivity index (χ2v) is 5.57. The zero-order valence-corrected chi connectivity index (χ0v) is 11.0. The van der Waals surface area contributed by atoms with Crippen molar-refractivity contribution in [1.82, 2.24) is 10.2 Å². The minimum atomic E-state index is -1.09. The predicted molar refractivity (Wildman–Crippen MR) is 66.4 cm³/mol. The van der Waals surface area contributed by atoms with Crippen molar-refractivity contribution in [3.63, 3.8) is 0 Å². The van der Waals surface area contributed by atoms with Crippen molar-refractivity contribution in [3.8, 4) is 0 Å². The quantitative estimate of drug-likeness (QED) is 0.788. The maximum atomic E-state index is 12.3. The van der Waals surface area contributed by atoms with Crippen LogP contribution in [0.25, 0.3) is 0 Å². The maximum Gasteiger partial charge on any atom is 0.329 e. The van der Waals surface area contributed by atoms with Gasteiger partial charge in [0.1, 0.15) is 11.6 Å². The molecule has 2 aliphatic rings. The monoisotopic (exact) mass is 272 g/mol. The van der Waals surface area contributed by atoms with Crippen LogP contribution in [0.3, 0.4) is 0 Å². The molecule has 0 bridgehead atoms. The molecule has 2 saturated heterocycles. The third-order valence-corrected chi connectivity index (χ3v) is 4.59. The van der Waals surface area contributed by atoms with Gasteiger partial charge >= 0.3 is 5.97 Å². The van der Waals surface area contributed by atoms with Crippen LogP contribution in [-0.4, -0.2) is 51.0 Å². The third kappa shape index (κ3) is 1.96. The summed E-state index contributed by atoms with van der Waals surface area (Å²) in [6.45, 7) is 2.23. The van der Waals surface area contributed by atoms with Gasteiger partial charge in [0.2, 0.25) is 5.91 Å². The van der Waals surface area contributed by atoms with E-state index in [0.29, 0.717) is 31.6 Å². The standard InChI is InChI=1S/C11H16N2O4S/c1-2-11(9(15)16)4-3-5-13(11)8(14)7-6-18-10(17)12-7/h7H,2-6H2,1H3,(H,12,17)(H,15,16). The average Bonchev–Trinajstić information content (AvgIpc) is 2.94. The van der Waals surface area contributed by atoms with Gasteiger partial charge < -0.3 is 15.3 Å². The number of carboxylic acids is 1. The molecule has 0 aromatic heterocycles. The van der Waals surface area contributed by atoms with Crippen molar-refractivity contribution in [3.05, 3.63) is 0 Å². The zero-order chi connectivity index (χ0) is 13.3. The summed E-state index contributed by atoms with van der Waals surface area (Å²) in [7, 11) is 0. The van der Waals surface area contributed by atoms with E-state index in [9.17, 15) is 19.5 Å². The van der Waals surface area contributed by atoms with Gasteiger partial charge in [-0.25, -0.2) is 4.79 Å². The molecule has 0 spiro atoms. The fourth-order valence-electron chi connectivity index (χ4n) is 2.65. The van der Waals surface area contributed by atoms with Gasteiger partial charge in [-0.2, -0.15) is 0 Å². The number of thioether (sulfide) groups is 1. The molecule has 6 nitrogen and oxygen atoms in total. The van der Waals surface area contributed by atoms with Crippen LogP contribution in [0.1, 0.15) is 26.2 Å². The number of amides is 2. The van der Waals surface area contributed by atoms with Gasteiger partial charge in [-0.15, -0.1) is 0 Å². The van der Waals surface area contributed by atoms with Gasteiger partial charge in [-0.05, 0) is 19.3 Å². The molecule has 0 aromatic carbocycles. The average molecular weight is 272 g/mol. The molecule has 18 heavy (non-hydrogen) atoms. The predicted octanol–water partition coefficient (Wildman–Crippen LogP) is 0.667. The Hall–Kier alpha value is -1.24. The van der Waals surface area contributed by atoms with Crippen molar-refractivity contribution >= 4 is 28.9 Å². The molecule has 2 rings (SSSR count). The minimum absolute atomic E-state index is 0.218. The molecule has 2 N–H and O–H groups in total. The van der Waals surface area contributed by atoms with Gasteiger partial charge in [0.25, 0.3) is 5.24 Å². The molecular weight excluding hydrogens is 256 g/mol. The first-order valence-corrected chi connectivity index (χ1v) is 6.98. The third-order valence-electron chi connectivity index (χ3n) is 3.71. The lowest BCUT2D eigenvalue weighted by atomic mass is 9.92. The minimum Gasteiger partial charge on any atom is -0.479 e. The topological polar surface area (TPSA) is 86.7 Å². The number of nitrogens with one attached hydrogen (secondary N) is 1. The summed E-state index contributed by atoms with van der Waals surface area (Å²) in [5.74, 6) is -0.837. The molecule has 0 radical (unpaired) electrons. The van der Waals surface area contributed by atoms with E-state index >= 15 is 0 Å². The summed E-state index contributed by atoms with van der Waals surface area (Å²) in [4.78, 5) is 36.3. The first-order chi connectivity index (χ1) is 8.51. The summed E-state index contributed by atoms with van der Waals surface area (Å²) >= 11 is 1.06. The Morgan fingerprint density at radius 2 is 2.33 bits per heavy atom. The Balaban J connectivity index is 2.18. The van der Waals surface area contributed by atoms with E-state index in [1.165, 1.54) is 4.90 Å². The molecule has 7 heteroatoms. The maximum absolute atomic E-state index is 12.3. The lowest BCUT2D eigenvalue weighted by Crippen LogP contribution is -2.57. The summed E-state index contributed by atoms with van der Waals surface area (Å²) in [6, 6.07) is -0.578. The Morgan fingerprint density at radius 1 is 1.61 bits per heavy atom. The van der Waals surface area contributed by atoms with Crippen LogP contribution in [0.15, 0.2) is 0 Å². The van der Waals surface area contributed by atoms with Crippen LogP contribution in [-0.2, 0) is 9.59 Å². The lowest BCUT2D eigenvalue weighted by molar-refractivity contribution is -0.157. The van der Waals surface area contributed by atoms with Crippen LogP contribution in [0.4, 0.5) is 4.79 Å². The molecule has 100 valence electrons. The van der Waals surface area contributed by atoms with Gasteiger partial charge in [-0.1, -0.05) is 18.7 Å². The van der Waals surface area contributed by atoms with Gasteiger partial charge in [0.15, 0.2) is 0 Å². The summed E-state index contributed by atoms with van der Waals surface area (Å²) in [5, 5.41) is 11.7. The van der Waals surface area contributed by atoms with Crippen LogP contribution in [0, 0.1) is 0 Å². The largest absolute Gasteiger partial charge is 0.479 e. The summed E-state index contributed by atoms with van der Waals surface area (Å²) in [5.41, 5.74) is -1.09. The molecule has 2 heterocycles. The van der Waals surface area contributed by atoms with E-state index < -0.39 is 17.6 Å². The SMILES string of the molecule is CCC1(C(=O)O)CCCN1C(=O)C1CSC(=O)N1. The van der Waals surface area contributed by atoms with Crippen LogP contribution >= 0.6 is 11.8 Å². The first-order valence-electron chi connectivity index (χ1n) is 5.99. The highest BCUT2D eigenvalue weighted by atomic mass is 32.2. The van der Waals surface area contributed by atoms with Crippen molar-refractivity contribution < 1.29 is 19.5 Å². The van der Waals surface area contributed by atoms with E-state index in [-0.39, 0.29) is 11.1 Å². The number of likely N-dealkylation sites (tertiary alicyclic amines) is 1. The fourth-order valence-corrected chi connectivity index (χ4v) is 3.42. The van der Waals surface area contributed by atoms with Gasteiger partial charge in [0.05, 0.1) is 0 Å². The van der Waals surface area contributed by atoms with Crippen molar-refractivity contribution in [2.45, 2.75) is 37.8 Å². The van der Waals surface area contributed by atoms with E-state index in [1.807, 2.05) is 0 Å². The van der Waals surface area contributed by atoms with Gasteiger partial charge in [-0.3, -0.25) is 9.59 Å². The zero-order valence-electron chi connectivity index (χ0n) is 10.1. The molecular formula is C11H16N2O4S. The van der Waals surface area contributed by atoms with Crippen LogP contribution < -0.4 is 5.32 Å². The molecule has 2 atom stereocenters. The van der Waals surface area contributed by atoms with Gasteiger partial charge in [0, 0.05) is 12.3 Å². The molecule has 2 unspecified atom stereocenters. The fraction of sp³-hybridized carbons (Fsp3) is 0.727. The molecule has 2 fully saturated rings. The normalized spacial score (nSPS) is 31.5. The summed E-state index contributed by atoms with van der Waals surface area (Å²) < 4.78 is 0. The Kier molecular flexibility index (Phi) is 3.52. The van der Waals surface area contributed by atoms with E-state index in [2.05, 4.69) is 5.32 Å². The number of carbonyl (C=O) groups is 3. The first kappa shape index (κ1) is 13.2. The van der Waals surface area contributed by atoms with Crippen LogP contribution in [0.2, 0.25) is 0 Å². The molecule has 0 aromatic rings. The van der Waals surface area contributed by atoms with E-state index in [0.717, 1.165) is 11.8 Å². The second-order valence-electron chi connectivity index (χ2n) is 4.58. The number of hydrogen-bond donors (Lipinski definition) is 2. The van der Waals surface area contributed by atoms with Crippen molar-refractivity contribution in [1.29, 1.82) is 0 Å². The Bertz CT molecular complexity index is 401. The number of carboxylic acid groups (broad SMARTS) is 1. The Morgan fingerprint density at radius 3 is 2.83 bits per heavy atom. The van der Waals surface area contributed by atoms with Crippen molar-refractivity contribution in [2.24, 2.45) is 0 Å². The Labute approximate surface area is 109 Å². The molecule has 2 aliphatic heterocycles. The number of rotatable bonds is 3. The molecule has 0 aliphatic carbocycles. The number of carbonyl (C=O) groups excluding carboxylic acids is 2.